The number of anilines is 1. The molecule has 0 unspecified atom stereocenters. The Hall–Kier alpha value is -3.27. The summed E-state index contributed by atoms with van der Waals surface area (Å²) >= 11 is 5.85. The predicted molar refractivity (Wildman–Crippen MR) is 162 cm³/mol. The number of benzene rings is 1. The molecule has 8 nitrogen and oxygen atoms in total. The third-order valence-electron chi connectivity index (χ3n) is 8.00. The summed E-state index contributed by atoms with van der Waals surface area (Å²) in [7, 11) is 0. The van der Waals surface area contributed by atoms with E-state index in [-0.39, 0.29) is 18.0 Å². The van der Waals surface area contributed by atoms with Gasteiger partial charge in [0.25, 0.3) is 0 Å². The van der Waals surface area contributed by atoms with Crippen LogP contribution in [0.2, 0.25) is 0 Å². The lowest BCUT2D eigenvalue weighted by molar-refractivity contribution is -0.116. The molecule has 0 radical (unpaired) electrons. The van der Waals surface area contributed by atoms with Crippen molar-refractivity contribution in [2.75, 3.05) is 44.7 Å². The predicted octanol–water partition coefficient (Wildman–Crippen LogP) is 4.53. The number of thiocarbonyl (C=S) groups is 1. The van der Waals surface area contributed by atoms with E-state index in [1.54, 1.807) is 0 Å². The molecule has 1 amide bonds. The third kappa shape index (κ3) is 6.54. The first-order valence-corrected chi connectivity index (χ1v) is 14.6. The van der Waals surface area contributed by atoms with Crippen molar-refractivity contribution < 1.29 is 9.53 Å². The van der Waals surface area contributed by atoms with Gasteiger partial charge in [-0.15, -0.1) is 0 Å². The van der Waals surface area contributed by atoms with E-state index >= 15 is 0 Å². The molecule has 2 N–H and O–H groups in total. The minimum atomic E-state index is -0.101. The van der Waals surface area contributed by atoms with Gasteiger partial charge in [-0.25, -0.2) is 0 Å². The van der Waals surface area contributed by atoms with E-state index in [1.807, 2.05) is 55.6 Å². The van der Waals surface area contributed by atoms with Crippen LogP contribution in [0.4, 0.5) is 5.69 Å². The van der Waals surface area contributed by atoms with Gasteiger partial charge in [0.05, 0.1) is 31.0 Å². The normalized spacial score (nSPS) is 19.6. The standard InChI is InChI=1S/C31H40N6O2S/c1-22-8-10-25(11-9-22)33-28(38)12-16-37-30(29(34-31(37)40)27-7-4-5-13-32-27)26-21-23(2)36(24(26)3)15-6-14-35-17-19-39-20-18-35/h4-5,7-11,13,21,29-30H,6,12,14-20H2,1-3H3,(H,33,38)(H,34,40)/t29-,30+/m0/s1. The molecule has 3 aromatic rings. The quantitative estimate of drug-likeness (QED) is 0.353. The molecule has 1 aromatic carbocycles. The Labute approximate surface area is 242 Å². The van der Waals surface area contributed by atoms with Crippen LogP contribution in [0.3, 0.4) is 0 Å². The molecule has 2 aliphatic rings. The van der Waals surface area contributed by atoms with E-state index < -0.39 is 0 Å². The van der Waals surface area contributed by atoms with Crippen molar-refractivity contribution >= 4 is 28.9 Å². The molecule has 5 rings (SSSR count). The van der Waals surface area contributed by atoms with E-state index in [9.17, 15) is 4.79 Å². The zero-order valence-electron chi connectivity index (χ0n) is 23.7. The highest BCUT2D eigenvalue weighted by Crippen LogP contribution is 2.41. The largest absolute Gasteiger partial charge is 0.379 e. The summed E-state index contributed by atoms with van der Waals surface area (Å²) < 4.78 is 7.92. The van der Waals surface area contributed by atoms with Crippen molar-refractivity contribution in [3.63, 3.8) is 0 Å². The Bertz CT molecular complexity index is 1300. The maximum atomic E-state index is 12.9. The van der Waals surface area contributed by atoms with Gasteiger partial charge in [-0.3, -0.25) is 14.7 Å². The summed E-state index contributed by atoms with van der Waals surface area (Å²) in [6.45, 7) is 12.6. The molecular formula is C31H40N6O2S. The van der Waals surface area contributed by atoms with Crippen LogP contribution in [0.15, 0.2) is 54.7 Å². The number of pyridine rings is 1. The highest BCUT2D eigenvalue weighted by atomic mass is 32.1. The molecule has 9 heteroatoms. The molecule has 212 valence electrons. The average Bonchev–Trinajstić information content (AvgIpc) is 3.44. The van der Waals surface area contributed by atoms with Crippen molar-refractivity contribution in [3.05, 3.63) is 82.9 Å². The van der Waals surface area contributed by atoms with Crippen LogP contribution in [-0.2, 0) is 16.1 Å². The number of carbonyl (C=O) groups is 1. The summed E-state index contributed by atoms with van der Waals surface area (Å²) in [6, 6.07) is 16.0. The minimum Gasteiger partial charge on any atom is -0.379 e. The van der Waals surface area contributed by atoms with Crippen LogP contribution in [-0.4, -0.2) is 69.8 Å². The molecule has 0 bridgehead atoms. The number of morpholine rings is 1. The number of hydrogen-bond donors (Lipinski definition) is 2. The minimum absolute atomic E-state index is 0.0275. The number of aryl methyl sites for hydroxylation is 2. The van der Waals surface area contributed by atoms with Crippen LogP contribution in [0.1, 0.15) is 53.1 Å². The SMILES string of the molecule is Cc1ccc(NC(=O)CCN2C(=S)N[C@@H](c3ccccn3)[C@H]2c2cc(C)n(CCCN3CCOCC3)c2C)cc1. The van der Waals surface area contributed by atoms with E-state index in [0.717, 1.165) is 62.8 Å². The number of carbonyl (C=O) groups excluding carboxylic acids is 1. The lowest BCUT2D eigenvalue weighted by Gasteiger charge is -2.28. The van der Waals surface area contributed by atoms with E-state index in [2.05, 4.69) is 49.9 Å². The first-order valence-electron chi connectivity index (χ1n) is 14.2. The Morgan fingerprint density at radius 2 is 1.85 bits per heavy atom. The first kappa shape index (κ1) is 28.3. The van der Waals surface area contributed by atoms with Gasteiger partial charge < -0.3 is 24.8 Å². The average molecular weight is 561 g/mol. The van der Waals surface area contributed by atoms with Gasteiger partial charge in [-0.1, -0.05) is 23.8 Å². The maximum Gasteiger partial charge on any atom is 0.226 e. The van der Waals surface area contributed by atoms with Gasteiger partial charge in [0.1, 0.15) is 0 Å². The highest BCUT2D eigenvalue weighted by Gasteiger charge is 2.41. The molecule has 0 saturated carbocycles. The summed E-state index contributed by atoms with van der Waals surface area (Å²) in [5, 5.41) is 7.20. The smallest absolute Gasteiger partial charge is 0.226 e. The van der Waals surface area contributed by atoms with Crippen LogP contribution in [0.5, 0.6) is 0 Å². The van der Waals surface area contributed by atoms with Gasteiger partial charge in [0.15, 0.2) is 5.11 Å². The number of ether oxygens (including phenoxy) is 1. The van der Waals surface area contributed by atoms with Gasteiger partial charge in [-0.05, 0) is 75.3 Å². The highest BCUT2D eigenvalue weighted by molar-refractivity contribution is 7.80. The molecule has 0 spiro atoms. The molecule has 2 saturated heterocycles. The summed E-state index contributed by atoms with van der Waals surface area (Å²) in [5.74, 6) is -0.0275. The second kappa shape index (κ2) is 12.9. The summed E-state index contributed by atoms with van der Waals surface area (Å²) in [6.07, 6.45) is 3.24. The van der Waals surface area contributed by atoms with E-state index in [1.165, 1.54) is 17.0 Å². The van der Waals surface area contributed by atoms with Gasteiger partial charge in [0, 0.05) is 62.4 Å². The van der Waals surface area contributed by atoms with Gasteiger partial charge >= 0.3 is 0 Å². The summed E-state index contributed by atoms with van der Waals surface area (Å²) in [5.41, 5.74) is 6.62. The molecule has 40 heavy (non-hydrogen) atoms. The Kier molecular flexibility index (Phi) is 9.14. The maximum absolute atomic E-state index is 12.9. The second-order valence-electron chi connectivity index (χ2n) is 10.8. The third-order valence-corrected chi connectivity index (χ3v) is 8.36. The topological polar surface area (TPSA) is 74.7 Å². The second-order valence-corrected chi connectivity index (χ2v) is 11.2. The number of nitrogens with zero attached hydrogens (tertiary/aromatic N) is 4. The number of rotatable bonds is 10. The van der Waals surface area contributed by atoms with Crippen molar-refractivity contribution in [3.8, 4) is 0 Å². The molecule has 2 aliphatic heterocycles. The van der Waals surface area contributed by atoms with Crippen molar-refractivity contribution in [2.24, 2.45) is 0 Å². The van der Waals surface area contributed by atoms with Crippen molar-refractivity contribution in [1.82, 2.24) is 24.7 Å². The monoisotopic (exact) mass is 560 g/mol. The van der Waals surface area contributed by atoms with Crippen molar-refractivity contribution in [1.29, 1.82) is 0 Å². The molecule has 4 heterocycles. The molecule has 0 aliphatic carbocycles. The zero-order chi connectivity index (χ0) is 28.1. The molecule has 2 fully saturated rings. The lowest BCUT2D eigenvalue weighted by Crippen LogP contribution is -2.37. The van der Waals surface area contributed by atoms with E-state index in [4.69, 9.17) is 17.0 Å². The Morgan fingerprint density at radius 1 is 1.07 bits per heavy atom. The van der Waals surface area contributed by atoms with Crippen LogP contribution in [0.25, 0.3) is 0 Å². The fraction of sp³-hybridized carbons (Fsp3) is 0.452. The number of amides is 1. The zero-order valence-corrected chi connectivity index (χ0v) is 24.5. The molecule has 2 atom stereocenters. The first-order chi connectivity index (χ1) is 19.4. The number of aromatic nitrogens is 2. The molecule has 2 aromatic heterocycles. The van der Waals surface area contributed by atoms with Crippen LogP contribution >= 0.6 is 12.2 Å². The fourth-order valence-electron chi connectivity index (χ4n) is 5.82. The van der Waals surface area contributed by atoms with Crippen molar-refractivity contribution in [2.45, 2.75) is 52.2 Å². The Morgan fingerprint density at radius 3 is 2.58 bits per heavy atom. The van der Waals surface area contributed by atoms with Gasteiger partial charge in [0.2, 0.25) is 5.91 Å². The Balaban J connectivity index is 1.34. The van der Waals surface area contributed by atoms with E-state index in [0.29, 0.717) is 18.1 Å². The van der Waals surface area contributed by atoms with Crippen LogP contribution < -0.4 is 10.6 Å². The van der Waals surface area contributed by atoms with Crippen LogP contribution in [0, 0.1) is 20.8 Å². The lowest BCUT2D eigenvalue weighted by atomic mass is 9.96. The van der Waals surface area contributed by atoms with Gasteiger partial charge in [-0.2, -0.15) is 0 Å². The molecular weight excluding hydrogens is 520 g/mol. The number of nitrogens with one attached hydrogen (secondary N) is 2. The number of hydrogen-bond acceptors (Lipinski definition) is 5. The summed E-state index contributed by atoms with van der Waals surface area (Å²) in [4.78, 5) is 22.2. The fourth-order valence-corrected chi connectivity index (χ4v) is 6.15.